The second kappa shape index (κ2) is 15.1. The molecule has 0 aliphatic carbocycles. The van der Waals surface area contributed by atoms with Crippen molar-refractivity contribution in [1.29, 1.82) is 0 Å². The Morgan fingerprint density at radius 3 is 1.55 bits per heavy atom. The summed E-state index contributed by atoms with van der Waals surface area (Å²) < 4.78 is 110. The second-order valence-corrected chi connectivity index (χ2v) is 13.9. The van der Waals surface area contributed by atoms with E-state index in [1.807, 2.05) is 0 Å². The third kappa shape index (κ3) is 9.75. The van der Waals surface area contributed by atoms with E-state index in [1.54, 1.807) is 0 Å². The molecule has 2 aliphatic rings. The normalized spacial score (nSPS) is 17.5. The standard InChI is InChI=1S/C33H33N2.F6P.3F2.H3P/c1-32(2)28(34(5)26-20-18-22-12-7-9-14-24(22)30(26)32)16-11-17-29-33(3,4)31-25-15-10-8-13-23(25)19-21-27(31)35(29)6;1-7(2,3,4,5)6;3*1-2;/h7-21H,1-6H3;;;;;1H3/q+1;-1;;;;. The summed E-state index contributed by atoms with van der Waals surface area (Å²) in [4.78, 5) is 2.36. The van der Waals surface area contributed by atoms with Crippen LogP contribution in [0.3, 0.4) is 0 Å². The number of benzene rings is 4. The molecule has 272 valence electrons. The average Bonchev–Trinajstić information content (AvgIpc) is 3.36. The quantitative estimate of drug-likeness (QED) is 0.112. The van der Waals surface area contributed by atoms with Gasteiger partial charge in [0.05, 0.1) is 5.41 Å². The van der Waals surface area contributed by atoms with Crippen LogP contribution in [0, 0.1) is 0 Å². The Hall–Kier alpha value is -3.63. The first-order valence-corrected chi connectivity index (χ1v) is 16.0. The Balaban J connectivity index is 0.000000751. The van der Waals surface area contributed by atoms with Gasteiger partial charge >= 0.3 is 33.0 Å². The van der Waals surface area contributed by atoms with E-state index in [0.717, 1.165) is 0 Å². The zero-order chi connectivity index (χ0) is 36.9. The number of anilines is 1. The minimum atomic E-state index is -10.7. The van der Waals surface area contributed by atoms with Gasteiger partial charge in [-0.15, -0.1) is 0 Å². The number of allylic oxidation sites excluding steroid dienone is 4. The maximum atomic E-state index is 9.87. The van der Waals surface area contributed by atoms with E-state index in [9.17, 15) is 25.2 Å². The monoisotopic (exact) mass is 750 g/mol. The summed E-state index contributed by atoms with van der Waals surface area (Å²) in [5.74, 6) is 0. The molecule has 16 heteroatoms. The zero-order valence-corrected chi connectivity index (χ0v) is 29.6. The van der Waals surface area contributed by atoms with Gasteiger partial charge in [-0.1, -0.05) is 74.5 Å². The van der Waals surface area contributed by atoms with Gasteiger partial charge in [0.15, 0.2) is 5.71 Å². The Labute approximate surface area is 278 Å². The van der Waals surface area contributed by atoms with Gasteiger partial charge in [0.1, 0.15) is 7.05 Å². The summed E-state index contributed by atoms with van der Waals surface area (Å²) in [7, 11) is -6.26. The largest absolute Gasteiger partial charge is 0.153 e. The van der Waals surface area contributed by atoms with Gasteiger partial charge in [-0.2, -0.15) is 14.5 Å². The molecule has 1 atom stereocenters. The summed E-state index contributed by atoms with van der Waals surface area (Å²) in [5.41, 5.74) is 7.94. The van der Waals surface area contributed by atoms with E-state index in [0.29, 0.717) is 0 Å². The van der Waals surface area contributed by atoms with Crippen LogP contribution in [0.25, 0.3) is 21.5 Å². The molecular formula is C33H36F12N2P2. The molecule has 2 heterocycles. The molecule has 4 aromatic rings. The molecule has 6 rings (SSSR count). The molecular weight excluding hydrogens is 714 g/mol. The van der Waals surface area contributed by atoms with Gasteiger partial charge < -0.3 is 4.90 Å². The second-order valence-electron chi connectivity index (χ2n) is 12.0. The summed E-state index contributed by atoms with van der Waals surface area (Å²) in [6, 6.07) is 26.5. The molecule has 0 bridgehead atoms. The molecule has 1 unspecified atom stereocenters. The molecule has 4 aromatic carbocycles. The average molecular weight is 751 g/mol. The Morgan fingerprint density at radius 1 is 0.633 bits per heavy atom. The van der Waals surface area contributed by atoms with E-state index >= 15 is 0 Å². The first-order valence-electron chi connectivity index (χ1n) is 14.0. The van der Waals surface area contributed by atoms with Crippen LogP contribution in [-0.4, -0.2) is 24.4 Å². The van der Waals surface area contributed by atoms with Crippen LogP contribution >= 0.6 is 17.7 Å². The maximum absolute atomic E-state index is 10.7. The van der Waals surface area contributed by atoms with Gasteiger partial charge in [0.25, 0.3) is 0 Å². The number of hydrogen-bond donors (Lipinski definition) is 0. The van der Waals surface area contributed by atoms with Crippen LogP contribution in [0.15, 0.2) is 96.7 Å². The molecule has 0 spiro atoms. The number of fused-ring (bicyclic) bond motifs is 6. The molecule has 0 saturated carbocycles. The number of nitrogens with zero attached hydrogens (tertiary/aromatic N) is 2. The Bertz CT molecular complexity index is 1860. The number of halogens is 12. The molecule has 2 nitrogen and oxygen atoms in total. The number of rotatable bonds is 2. The van der Waals surface area contributed by atoms with Crippen LogP contribution in [-0.2, 0) is 10.8 Å². The van der Waals surface area contributed by atoms with Crippen molar-refractivity contribution in [3.63, 3.8) is 0 Å². The maximum Gasteiger partial charge on any atom is -0.153 e. The van der Waals surface area contributed by atoms with Gasteiger partial charge in [-0.25, -0.2) is 0 Å². The molecule has 0 N–H and O–H groups in total. The van der Waals surface area contributed by atoms with E-state index in [4.69, 9.17) is 27.4 Å². The van der Waals surface area contributed by atoms with Crippen LogP contribution < -0.4 is 4.90 Å². The topological polar surface area (TPSA) is 6.25 Å². The van der Waals surface area contributed by atoms with Crippen molar-refractivity contribution in [3.8, 4) is 0 Å². The van der Waals surface area contributed by atoms with Crippen molar-refractivity contribution in [3.05, 3.63) is 108 Å². The summed E-state index contributed by atoms with van der Waals surface area (Å²) >= 11 is 0. The summed E-state index contributed by atoms with van der Waals surface area (Å²) in [5, 5.41) is 5.31. The third-order valence-corrected chi connectivity index (χ3v) is 8.30. The van der Waals surface area contributed by atoms with E-state index in [1.165, 1.54) is 55.5 Å². The van der Waals surface area contributed by atoms with Crippen molar-refractivity contribution < 1.29 is 57.2 Å². The van der Waals surface area contributed by atoms with Gasteiger partial charge in [0.2, 0.25) is 5.69 Å². The van der Waals surface area contributed by atoms with E-state index in [2.05, 4.69) is 142 Å². The molecule has 0 fully saturated rings. The van der Waals surface area contributed by atoms with Crippen molar-refractivity contribution in [2.24, 2.45) is 0 Å². The molecule has 0 radical (unpaired) electrons. The zero-order valence-electron chi connectivity index (χ0n) is 27.2. The molecule has 0 aromatic heterocycles. The fraction of sp³-hybridized carbons (Fsp3) is 0.242. The van der Waals surface area contributed by atoms with Crippen molar-refractivity contribution in [2.45, 2.75) is 38.5 Å². The SMILES string of the molecule is CN1/C(=C/C=C/C2=[N+](C)c3ccc4ccccc4c3C2(C)C)C(C)(C)c2c1ccc1ccccc21.FF.FF.FF.F[P-](F)(F)(F)(F)F.P. The number of hydrogen-bond acceptors (Lipinski definition) is 1. The summed E-state index contributed by atoms with van der Waals surface area (Å²) in [6.07, 6.45) is 6.88. The van der Waals surface area contributed by atoms with Gasteiger partial charge in [-0.3, -0.25) is 0 Å². The van der Waals surface area contributed by atoms with Crippen molar-refractivity contribution in [2.75, 3.05) is 19.0 Å². The van der Waals surface area contributed by atoms with Gasteiger partial charge in [-0.05, 0) is 59.2 Å². The first kappa shape index (κ1) is 43.4. The Kier molecular flexibility index (Phi) is 13.4. The van der Waals surface area contributed by atoms with Crippen LogP contribution in [0.2, 0.25) is 0 Å². The molecule has 0 saturated heterocycles. The molecule has 0 amide bonds. The third-order valence-electron chi connectivity index (χ3n) is 8.30. The number of likely N-dealkylation sites (N-methyl/N-ethyl adjacent to an activating group) is 1. The minimum Gasteiger partial charge on any atom is -0.153 e. The smallest absolute Gasteiger partial charge is 0.153 e. The molecule has 49 heavy (non-hydrogen) atoms. The predicted molar refractivity (Wildman–Crippen MR) is 182 cm³/mol. The van der Waals surface area contributed by atoms with Gasteiger partial charge in [0, 0.05) is 69.0 Å². The van der Waals surface area contributed by atoms with Crippen molar-refractivity contribution >= 4 is 56.3 Å². The summed E-state index contributed by atoms with van der Waals surface area (Å²) in [6.45, 7) is 9.40. The first-order chi connectivity index (χ1) is 22.2. The van der Waals surface area contributed by atoms with Crippen LogP contribution in [0.5, 0.6) is 0 Å². The minimum absolute atomic E-state index is 0. The Morgan fingerprint density at radius 2 is 1.06 bits per heavy atom. The van der Waals surface area contributed by atoms with Crippen LogP contribution in [0.4, 0.5) is 64.0 Å². The van der Waals surface area contributed by atoms with Crippen LogP contribution in [0.1, 0.15) is 38.8 Å². The van der Waals surface area contributed by atoms with E-state index in [-0.39, 0.29) is 20.7 Å². The van der Waals surface area contributed by atoms with Crippen molar-refractivity contribution in [1.82, 2.24) is 0 Å². The predicted octanol–water partition coefficient (Wildman–Crippen LogP) is 13.8. The fourth-order valence-electron chi connectivity index (χ4n) is 6.62. The molecule has 2 aliphatic heterocycles. The van der Waals surface area contributed by atoms with E-state index < -0.39 is 7.81 Å². The fourth-order valence-corrected chi connectivity index (χ4v) is 6.62.